The highest BCUT2D eigenvalue weighted by molar-refractivity contribution is 7.11. The van der Waals surface area contributed by atoms with E-state index in [-0.39, 0.29) is 0 Å². The summed E-state index contributed by atoms with van der Waals surface area (Å²) in [5.41, 5.74) is 10.1. The van der Waals surface area contributed by atoms with Crippen molar-refractivity contribution in [2.24, 2.45) is 0 Å². The van der Waals surface area contributed by atoms with E-state index in [0.717, 1.165) is 29.0 Å². The molecule has 0 unspecified atom stereocenters. The summed E-state index contributed by atoms with van der Waals surface area (Å²) in [5, 5.41) is 6.84. The predicted molar refractivity (Wildman–Crippen MR) is 112 cm³/mol. The highest BCUT2D eigenvalue weighted by Crippen LogP contribution is 2.27. The van der Waals surface area contributed by atoms with Crippen LogP contribution in [0.2, 0.25) is 0 Å². The van der Waals surface area contributed by atoms with Crippen molar-refractivity contribution in [2.75, 3.05) is 11.1 Å². The van der Waals surface area contributed by atoms with Crippen LogP contribution in [0, 0.1) is 0 Å². The van der Waals surface area contributed by atoms with Crippen LogP contribution in [-0.4, -0.2) is 9.55 Å². The maximum Gasteiger partial charge on any atom is 0.123 e. The number of nitrogens with one attached hydrogen (secondary N) is 1. The zero-order valence-corrected chi connectivity index (χ0v) is 15.3. The first kappa shape index (κ1) is 16.4. The number of hydrogen-bond donors (Lipinski definition) is 2. The largest absolute Gasteiger partial charge is 0.384 e. The quantitative estimate of drug-likeness (QED) is 0.492. The van der Waals surface area contributed by atoms with Crippen molar-refractivity contribution in [1.29, 1.82) is 0 Å². The Morgan fingerprint density at radius 3 is 2.88 bits per heavy atom. The van der Waals surface area contributed by atoms with Gasteiger partial charge in [-0.1, -0.05) is 19.1 Å². The monoisotopic (exact) mass is 360 g/mol. The third kappa shape index (κ3) is 3.21. The lowest BCUT2D eigenvalue weighted by Crippen LogP contribution is -1.98. The average molecular weight is 360 g/mol. The zero-order chi connectivity index (χ0) is 17.9. The van der Waals surface area contributed by atoms with Crippen LogP contribution in [-0.2, 0) is 0 Å². The number of nitrogen functional groups attached to an aromatic ring is 1. The van der Waals surface area contributed by atoms with Gasteiger partial charge in [0.25, 0.3) is 0 Å². The molecule has 0 saturated heterocycles. The molecule has 0 bridgehead atoms. The van der Waals surface area contributed by atoms with Crippen LogP contribution in [0.3, 0.4) is 0 Å². The second-order valence-electron chi connectivity index (χ2n) is 6.03. The Morgan fingerprint density at radius 2 is 2.15 bits per heavy atom. The third-order valence-electron chi connectivity index (χ3n) is 4.21. The molecule has 130 valence electrons. The Morgan fingerprint density at radius 1 is 1.23 bits per heavy atom. The molecule has 1 aromatic carbocycles. The van der Waals surface area contributed by atoms with E-state index in [1.165, 1.54) is 10.3 Å². The van der Waals surface area contributed by atoms with Gasteiger partial charge in [0.2, 0.25) is 0 Å². The summed E-state index contributed by atoms with van der Waals surface area (Å²) in [6.45, 7) is 2.15. The SMILES string of the molecule is CCC=C(Nc1ccc2c(ccn2-c2ccc(N)nc2)c1)c1cccs1. The number of anilines is 2. The minimum Gasteiger partial charge on any atom is -0.384 e. The van der Waals surface area contributed by atoms with E-state index in [9.17, 15) is 0 Å². The van der Waals surface area contributed by atoms with Gasteiger partial charge < -0.3 is 15.6 Å². The number of fused-ring (bicyclic) bond motifs is 1. The number of pyridine rings is 1. The second-order valence-corrected chi connectivity index (χ2v) is 6.98. The van der Waals surface area contributed by atoms with E-state index in [4.69, 9.17) is 5.73 Å². The van der Waals surface area contributed by atoms with E-state index in [2.05, 4.69) is 75.8 Å². The number of thiophene rings is 1. The molecule has 0 aliphatic carbocycles. The number of allylic oxidation sites excluding steroid dienone is 1. The Hall–Kier alpha value is -3.05. The topological polar surface area (TPSA) is 55.9 Å². The minimum absolute atomic E-state index is 0.528. The first-order valence-corrected chi connectivity index (χ1v) is 9.46. The van der Waals surface area contributed by atoms with Crippen molar-refractivity contribution in [3.05, 3.63) is 77.3 Å². The van der Waals surface area contributed by atoms with Gasteiger partial charge in [-0.2, -0.15) is 0 Å². The fourth-order valence-corrected chi connectivity index (χ4v) is 3.71. The zero-order valence-electron chi connectivity index (χ0n) is 14.5. The Bertz CT molecular complexity index is 1040. The lowest BCUT2D eigenvalue weighted by atomic mass is 10.2. The van der Waals surface area contributed by atoms with Crippen LogP contribution < -0.4 is 11.1 Å². The minimum atomic E-state index is 0.528. The Labute approximate surface area is 156 Å². The van der Waals surface area contributed by atoms with Gasteiger partial charge in [-0.3, -0.25) is 0 Å². The standard InChI is InChI=1S/C21H20N4S/c1-2-4-18(20-5-3-12-26-20)24-16-6-8-19-15(13-16)10-11-25(19)17-7-9-21(22)23-14-17/h3-14,24H,2H2,1H3,(H2,22,23). The summed E-state index contributed by atoms with van der Waals surface area (Å²) in [6, 6.07) is 16.6. The maximum absolute atomic E-state index is 5.69. The molecule has 0 atom stereocenters. The van der Waals surface area contributed by atoms with Gasteiger partial charge in [0, 0.05) is 17.3 Å². The Balaban J connectivity index is 1.66. The van der Waals surface area contributed by atoms with E-state index >= 15 is 0 Å². The van der Waals surface area contributed by atoms with Gasteiger partial charge in [-0.05, 0) is 54.3 Å². The summed E-state index contributed by atoms with van der Waals surface area (Å²) in [7, 11) is 0. The molecular formula is C21H20N4S. The van der Waals surface area contributed by atoms with Crippen molar-refractivity contribution < 1.29 is 0 Å². The molecule has 0 saturated carbocycles. The van der Waals surface area contributed by atoms with E-state index in [1.807, 2.05) is 12.1 Å². The number of nitrogens with zero attached hydrogens (tertiary/aromatic N) is 2. The van der Waals surface area contributed by atoms with Crippen LogP contribution in [0.4, 0.5) is 11.5 Å². The summed E-state index contributed by atoms with van der Waals surface area (Å²) >= 11 is 1.74. The number of hydrogen-bond acceptors (Lipinski definition) is 4. The third-order valence-corrected chi connectivity index (χ3v) is 5.12. The lowest BCUT2D eigenvalue weighted by Gasteiger charge is -2.11. The van der Waals surface area contributed by atoms with Crippen molar-refractivity contribution in [3.63, 3.8) is 0 Å². The number of nitrogens with two attached hydrogens (primary N) is 1. The molecule has 0 aliphatic heterocycles. The van der Waals surface area contributed by atoms with E-state index in [0.29, 0.717) is 5.82 Å². The number of rotatable bonds is 5. The van der Waals surface area contributed by atoms with Crippen LogP contribution in [0.15, 0.2) is 72.4 Å². The molecule has 26 heavy (non-hydrogen) atoms. The molecule has 0 radical (unpaired) electrons. The van der Waals surface area contributed by atoms with Gasteiger partial charge in [0.15, 0.2) is 0 Å². The summed E-state index contributed by atoms with van der Waals surface area (Å²) in [4.78, 5) is 5.43. The molecule has 3 aromatic heterocycles. The van der Waals surface area contributed by atoms with E-state index < -0.39 is 0 Å². The lowest BCUT2D eigenvalue weighted by molar-refractivity contribution is 1.10. The van der Waals surface area contributed by atoms with Crippen LogP contribution >= 0.6 is 11.3 Å². The van der Waals surface area contributed by atoms with Gasteiger partial charge in [-0.15, -0.1) is 11.3 Å². The van der Waals surface area contributed by atoms with Gasteiger partial charge in [0.05, 0.1) is 28.0 Å². The first-order valence-electron chi connectivity index (χ1n) is 8.58. The van der Waals surface area contributed by atoms with Gasteiger partial charge >= 0.3 is 0 Å². The predicted octanol–water partition coefficient (Wildman–Crippen LogP) is 5.53. The summed E-state index contributed by atoms with van der Waals surface area (Å²) in [5.74, 6) is 0.528. The highest BCUT2D eigenvalue weighted by atomic mass is 32.1. The first-order chi connectivity index (χ1) is 12.7. The van der Waals surface area contributed by atoms with Crippen LogP contribution in [0.5, 0.6) is 0 Å². The molecule has 4 nitrogen and oxygen atoms in total. The van der Waals surface area contributed by atoms with Crippen LogP contribution in [0.25, 0.3) is 22.3 Å². The maximum atomic E-state index is 5.69. The fraction of sp³-hybridized carbons (Fsp3) is 0.0952. The van der Waals surface area contributed by atoms with Gasteiger partial charge in [-0.25, -0.2) is 4.98 Å². The second kappa shape index (κ2) is 7.06. The normalized spacial score (nSPS) is 11.8. The molecule has 0 amide bonds. The molecule has 0 spiro atoms. The van der Waals surface area contributed by atoms with Crippen molar-refractivity contribution in [3.8, 4) is 5.69 Å². The molecule has 4 aromatic rings. The average Bonchev–Trinajstić information content (AvgIpc) is 3.32. The highest BCUT2D eigenvalue weighted by Gasteiger charge is 2.07. The van der Waals surface area contributed by atoms with E-state index in [1.54, 1.807) is 17.5 Å². The fourth-order valence-electron chi connectivity index (χ4n) is 2.99. The Kier molecular flexibility index (Phi) is 4.46. The molecule has 5 heteroatoms. The smallest absolute Gasteiger partial charge is 0.123 e. The van der Waals surface area contributed by atoms with Crippen LogP contribution in [0.1, 0.15) is 18.2 Å². The summed E-state index contributed by atoms with van der Waals surface area (Å²) in [6.07, 6.45) is 7.06. The molecule has 0 fully saturated rings. The summed E-state index contributed by atoms with van der Waals surface area (Å²) < 4.78 is 2.12. The number of aromatic nitrogens is 2. The van der Waals surface area contributed by atoms with Crippen molar-refractivity contribution in [2.45, 2.75) is 13.3 Å². The number of benzene rings is 1. The van der Waals surface area contributed by atoms with Crippen molar-refractivity contribution in [1.82, 2.24) is 9.55 Å². The molecule has 4 rings (SSSR count). The van der Waals surface area contributed by atoms with Gasteiger partial charge in [0.1, 0.15) is 5.82 Å². The molecule has 3 N–H and O–H groups in total. The molecule has 0 aliphatic rings. The van der Waals surface area contributed by atoms with Crippen molar-refractivity contribution >= 4 is 39.4 Å². The molecular weight excluding hydrogens is 340 g/mol. The molecule has 3 heterocycles.